The first-order chi connectivity index (χ1) is 8.22. The minimum absolute atomic E-state index is 0.658. The SMILES string of the molecule is CNc1ncnc(N(C)Cc2ccco2)c1Br. The summed E-state index contributed by atoms with van der Waals surface area (Å²) < 4.78 is 6.15. The van der Waals surface area contributed by atoms with Gasteiger partial charge in [0.1, 0.15) is 28.2 Å². The van der Waals surface area contributed by atoms with Crippen LogP contribution in [-0.2, 0) is 6.54 Å². The standard InChI is InChI=1S/C11H13BrN4O/c1-13-10-9(12)11(15-7-14-10)16(2)6-8-4-3-5-17-8/h3-5,7H,6H2,1-2H3,(H,13,14,15). The first-order valence-electron chi connectivity index (χ1n) is 5.14. The molecule has 0 unspecified atom stereocenters. The van der Waals surface area contributed by atoms with E-state index in [0.29, 0.717) is 6.54 Å². The molecule has 5 nitrogen and oxygen atoms in total. The number of nitrogens with zero attached hydrogens (tertiary/aromatic N) is 3. The van der Waals surface area contributed by atoms with E-state index in [2.05, 4.69) is 31.2 Å². The third-order valence-corrected chi connectivity index (χ3v) is 3.07. The maximum absolute atomic E-state index is 5.31. The minimum Gasteiger partial charge on any atom is -0.467 e. The molecule has 2 aromatic heterocycles. The van der Waals surface area contributed by atoms with Gasteiger partial charge in [-0.1, -0.05) is 0 Å². The van der Waals surface area contributed by atoms with E-state index < -0.39 is 0 Å². The van der Waals surface area contributed by atoms with E-state index >= 15 is 0 Å². The Kier molecular flexibility index (Phi) is 3.63. The lowest BCUT2D eigenvalue weighted by Crippen LogP contribution is -2.18. The number of rotatable bonds is 4. The van der Waals surface area contributed by atoms with Crippen molar-refractivity contribution in [1.29, 1.82) is 0 Å². The van der Waals surface area contributed by atoms with Crippen molar-refractivity contribution in [2.45, 2.75) is 6.54 Å². The zero-order valence-corrected chi connectivity index (χ0v) is 11.2. The van der Waals surface area contributed by atoms with Crippen LogP contribution in [0.15, 0.2) is 33.6 Å². The van der Waals surface area contributed by atoms with Gasteiger partial charge in [0.05, 0.1) is 12.8 Å². The van der Waals surface area contributed by atoms with E-state index in [4.69, 9.17) is 4.42 Å². The van der Waals surface area contributed by atoms with E-state index in [9.17, 15) is 0 Å². The lowest BCUT2D eigenvalue weighted by atomic mass is 10.4. The van der Waals surface area contributed by atoms with Gasteiger partial charge in [-0.3, -0.25) is 0 Å². The molecule has 0 fully saturated rings. The Labute approximate surface area is 108 Å². The first kappa shape index (κ1) is 11.9. The van der Waals surface area contributed by atoms with Crippen LogP contribution in [0.3, 0.4) is 0 Å². The first-order valence-corrected chi connectivity index (χ1v) is 5.93. The van der Waals surface area contributed by atoms with Crippen molar-refractivity contribution in [2.75, 3.05) is 24.3 Å². The highest BCUT2D eigenvalue weighted by Gasteiger charge is 2.12. The molecule has 0 saturated carbocycles. The van der Waals surface area contributed by atoms with Crippen LogP contribution in [-0.4, -0.2) is 24.1 Å². The average molecular weight is 297 g/mol. The quantitative estimate of drug-likeness (QED) is 0.939. The minimum atomic E-state index is 0.658. The Morgan fingerprint density at radius 3 is 2.94 bits per heavy atom. The van der Waals surface area contributed by atoms with Gasteiger partial charge in [-0.25, -0.2) is 9.97 Å². The maximum atomic E-state index is 5.31. The number of nitrogens with one attached hydrogen (secondary N) is 1. The van der Waals surface area contributed by atoms with Crippen LogP contribution in [0.25, 0.3) is 0 Å². The predicted octanol–water partition coefficient (Wildman–Crippen LogP) is 2.51. The van der Waals surface area contributed by atoms with Crippen LogP contribution >= 0.6 is 15.9 Å². The summed E-state index contributed by atoms with van der Waals surface area (Å²) in [6.07, 6.45) is 3.20. The van der Waals surface area contributed by atoms with Gasteiger partial charge in [-0.05, 0) is 28.1 Å². The lowest BCUT2D eigenvalue weighted by molar-refractivity contribution is 0.507. The van der Waals surface area contributed by atoms with Crippen molar-refractivity contribution in [3.8, 4) is 0 Å². The molecular weight excluding hydrogens is 284 g/mol. The Balaban J connectivity index is 2.22. The number of hydrogen-bond acceptors (Lipinski definition) is 5. The van der Waals surface area contributed by atoms with Crippen LogP contribution in [0.4, 0.5) is 11.6 Å². The van der Waals surface area contributed by atoms with E-state index in [0.717, 1.165) is 21.9 Å². The van der Waals surface area contributed by atoms with Crippen LogP contribution in [0, 0.1) is 0 Å². The molecule has 0 aliphatic carbocycles. The second kappa shape index (κ2) is 5.18. The van der Waals surface area contributed by atoms with Crippen LogP contribution < -0.4 is 10.2 Å². The molecule has 17 heavy (non-hydrogen) atoms. The summed E-state index contributed by atoms with van der Waals surface area (Å²) in [6, 6.07) is 3.81. The molecule has 2 rings (SSSR count). The number of halogens is 1. The largest absolute Gasteiger partial charge is 0.467 e. The summed E-state index contributed by atoms with van der Waals surface area (Å²) in [5.74, 6) is 2.48. The second-order valence-corrected chi connectivity index (χ2v) is 4.34. The smallest absolute Gasteiger partial charge is 0.148 e. The monoisotopic (exact) mass is 296 g/mol. The average Bonchev–Trinajstić information content (AvgIpc) is 2.82. The third kappa shape index (κ3) is 2.58. The van der Waals surface area contributed by atoms with Crippen molar-refractivity contribution in [3.63, 3.8) is 0 Å². The van der Waals surface area contributed by atoms with Gasteiger partial charge in [0.15, 0.2) is 0 Å². The maximum Gasteiger partial charge on any atom is 0.148 e. The zero-order chi connectivity index (χ0) is 12.3. The van der Waals surface area contributed by atoms with Gasteiger partial charge in [-0.2, -0.15) is 0 Å². The van der Waals surface area contributed by atoms with Crippen LogP contribution in [0.5, 0.6) is 0 Å². The fourth-order valence-corrected chi connectivity index (χ4v) is 2.22. The Morgan fingerprint density at radius 1 is 1.47 bits per heavy atom. The Morgan fingerprint density at radius 2 is 2.29 bits per heavy atom. The van der Waals surface area contributed by atoms with Gasteiger partial charge in [-0.15, -0.1) is 0 Å². The van der Waals surface area contributed by atoms with Crippen LogP contribution in [0.1, 0.15) is 5.76 Å². The molecule has 0 atom stereocenters. The molecule has 0 aromatic carbocycles. The van der Waals surface area contributed by atoms with E-state index in [1.54, 1.807) is 6.26 Å². The van der Waals surface area contributed by atoms with Gasteiger partial charge < -0.3 is 14.6 Å². The molecule has 0 amide bonds. The van der Waals surface area contributed by atoms with E-state index in [1.807, 2.05) is 31.1 Å². The Bertz CT molecular complexity index is 486. The molecule has 0 saturated heterocycles. The van der Waals surface area contributed by atoms with Gasteiger partial charge in [0, 0.05) is 14.1 Å². The topological polar surface area (TPSA) is 54.2 Å². The fourth-order valence-electron chi connectivity index (χ4n) is 1.51. The molecule has 0 aliphatic rings. The molecule has 1 N–H and O–H groups in total. The number of furan rings is 1. The summed E-state index contributed by atoms with van der Waals surface area (Å²) in [6.45, 7) is 0.658. The number of anilines is 2. The van der Waals surface area contributed by atoms with Crippen molar-refractivity contribution in [2.24, 2.45) is 0 Å². The molecule has 2 aromatic rings. The normalized spacial score (nSPS) is 10.3. The molecule has 0 aliphatic heterocycles. The highest BCUT2D eigenvalue weighted by atomic mass is 79.9. The van der Waals surface area contributed by atoms with Gasteiger partial charge in [0.2, 0.25) is 0 Å². The van der Waals surface area contributed by atoms with E-state index in [-0.39, 0.29) is 0 Å². The summed E-state index contributed by atoms with van der Waals surface area (Å²) in [4.78, 5) is 10.4. The van der Waals surface area contributed by atoms with Crippen LogP contribution in [0.2, 0.25) is 0 Å². The van der Waals surface area contributed by atoms with Crippen molar-refractivity contribution in [3.05, 3.63) is 35.0 Å². The molecule has 6 heteroatoms. The molecule has 0 bridgehead atoms. The predicted molar refractivity (Wildman–Crippen MR) is 70.1 cm³/mol. The van der Waals surface area contributed by atoms with Gasteiger partial charge in [0.25, 0.3) is 0 Å². The highest BCUT2D eigenvalue weighted by molar-refractivity contribution is 9.10. The summed E-state index contributed by atoms with van der Waals surface area (Å²) in [7, 11) is 3.78. The molecular formula is C11H13BrN4O. The third-order valence-electron chi connectivity index (χ3n) is 2.34. The number of aromatic nitrogens is 2. The molecule has 2 heterocycles. The second-order valence-electron chi connectivity index (χ2n) is 3.55. The molecule has 0 radical (unpaired) electrons. The summed E-state index contributed by atoms with van der Waals surface area (Å²) in [5, 5.41) is 3.00. The molecule has 90 valence electrons. The molecule has 0 spiro atoms. The highest BCUT2D eigenvalue weighted by Crippen LogP contribution is 2.29. The van der Waals surface area contributed by atoms with E-state index in [1.165, 1.54) is 6.33 Å². The van der Waals surface area contributed by atoms with Gasteiger partial charge >= 0.3 is 0 Å². The lowest BCUT2D eigenvalue weighted by Gasteiger charge is -2.18. The van der Waals surface area contributed by atoms with Crippen molar-refractivity contribution < 1.29 is 4.42 Å². The Hall–Kier alpha value is -1.56. The summed E-state index contributed by atoms with van der Waals surface area (Å²) in [5.41, 5.74) is 0. The summed E-state index contributed by atoms with van der Waals surface area (Å²) >= 11 is 3.49. The fraction of sp³-hybridized carbons (Fsp3) is 0.273. The van der Waals surface area contributed by atoms with Crippen molar-refractivity contribution in [1.82, 2.24) is 9.97 Å². The van der Waals surface area contributed by atoms with Crippen molar-refractivity contribution >= 4 is 27.6 Å². The zero-order valence-electron chi connectivity index (χ0n) is 9.64. The number of hydrogen-bond donors (Lipinski definition) is 1.